The van der Waals surface area contributed by atoms with Crippen LogP contribution in [0, 0.1) is 0 Å². The minimum absolute atomic E-state index is 0.0278. The Balaban J connectivity index is 1.43. The number of nitrogens with zero attached hydrogens (tertiary/aromatic N) is 1. The second kappa shape index (κ2) is 8.98. The third-order valence-electron chi connectivity index (χ3n) is 5.16. The van der Waals surface area contributed by atoms with Crippen LogP contribution in [-0.4, -0.2) is 38.1 Å². The van der Waals surface area contributed by atoms with Gasteiger partial charge >= 0.3 is 0 Å². The van der Waals surface area contributed by atoms with Gasteiger partial charge in [0.25, 0.3) is 0 Å². The summed E-state index contributed by atoms with van der Waals surface area (Å²) >= 11 is 3.57. The lowest BCUT2D eigenvalue weighted by Crippen LogP contribution is -2.42. The van der Waals surface area contributed by atoms with Crippen molar-refractivity contribution in [3.8, 4) is 11.5 Å². The van der Waals surface area contributed by atoms with E-state index in [0.29, 0.717) is 24.6 Å². The summed E-state index contributed by atoms with van der Waals surface area (Å²) in [6.07, 6.45) is 0.998. The van der Waals surface area contributed by atoms with Gasteiger partial charge in [-0.25, -0.2) is 0 Å². The predicted octanol–water partition coefficient (Wildman–Crippen LogP) is 4.09. The topological polar surface area (TPSA) is 50.8 Å². The minimum atomic E-state index is 0.0278. The first-order chi connectivity index (χ1) is 14.2. The molecule has 1 amide bonds. The SMILES string of the molecule is COc1ccc(CNC(=O)CN2CCc3sccc3C2c2cccs2)cc1OC. The maximum atomic E-state index is 12.7. The molecule has 4 rings (SSSR count). The average molecular weight is 429 g/mol. The molecule has 1 atom stereocenters. The van der Waals surface area contributed by atoms with Crippen LogP contribution in [-0.2, 0) is 17.8 Å². The van der Waals surface area contributed by atoms with Crippen molar-refractivity contribution in [1.29, 1.82) is 0 Å². The largest absolute Gasteiger partial charge is 0.493 e. The van der Waals surface area contributed by atoms with Gasteiger partial charge in [-0.05, 0) is 52.6 Å². The minimum Gasteiger partial charge on any atom is -0.493 e. The Labute approximate surface area is 178 Å². The van der Waals surface area contributed by atoms with Crippen LogP contribution in [0.15, 0.2) is 47.2 Å². The molecule has 7 heteroatoms. The standard InChI is InChI=1S/C22H24N2O3S2/c1-26-17-6-5-15(12-18(17)27-2)13-23-21(25)14-24-9-7-19-16(8-11-29-19)22(24)20-4-3-10-28-20/h3-6,8,10-12,22H,7,9,13-14H2,1-2H3,(H,23,25). The molecular formula is C22H24N2O3S2. The van der Waals surface area contributed by atoms with Crippen molar-refractivity contribution >= 4 is 28.6 Å². The zero-order valence-electron chi connectivity index (χ0n) is 16.5. The summed E-state index contributed by atoms with van der Waals surface area (Å²) in [5.74, 6) is 1.37. The molecule has 0 bridgehead atoms. The van der Waals surface area contributed by atoms with Gasteiger partial charge in [-0.1, -0.05) is 12.1 Å². The van der Waals surface area contributed by atoms with Gasteiger partial charge < -0.3 is 14.8 Å². The van der Waals surface area contributed by atoms with Crippen LogP contribution in [0.1, 0.15) is 26.9 Å². The molecule has 0 aliphatic carbocycles. The third kappa shape index (κ3) is 4.32. The maximum Gasteiger partial charge on any atom is 0.234 e. The van der Waals surface area contributed by atoms with E-state index in [9.17, 15) is 4.79 Å². The number of hydrogen-bond donors (Lipinski definition) is 1. The summed E-state index contributed by atoms with van der Waals surface area (Å²) in [5.41, 5.74) is 2.32. The lowest BCUT2D eigenvalue weighted by atomic mass is 9.98. The zero-order valence-corrected chi connectivity index (χ0v) is 18.1. The van der Waals surface area contributed by atoms with E-state index in [0.717, 1.165) is 18.5 Å². The highest BCUT2D eigenvalue weighted by atomic mass is 32.1. The van der Waals surface area contributed by atoms with Gasteiger partial charge in [0.15, 0.2) is 11.5 Å². The number of ether oxygens (including phenoxy) is 2. The smallest absolute Gasteiger partial charge is 0.234 e. The fourth-order valence-electron chi connectivity index (χ4n) is 3.75. The molecule has 0 spiro atoms. The molecule has 2 aromatic heterocycles. The number of benzene rings is 1. The van der Waals surface area contributed by atoms with Gasteiger partial charge in [0.1, 0.15) is 0 Å². The van der Waals surface area contributed by atoms with Crippen molar-refractivity contribution in [3.63, 3.8) is 0 Å². The summed E-state index contributed by atoms with van der Waals surface area (Å²) in [7, 11) is 3.22. The van der Waals surface area contributed by atoms with Crippen molar-refractivity contribution in [1.82, 2.24) is 10.2 Å². The van der Waals surface area contributed by atoms with Gasteiger partial charge in [-0.2, -0.15) is 0 Å². The van der Waals surface area contributed by atoms with Crippen molar-refractivity contribution in [2.45, 2.75) is 19.0 Å². The third-order valence-corrected chi connectivity index (χ3v) is 7.08. The molecule has 0 saturated carbocycles. The van der Waals surface area contributed by atoms with E-state index in [4.69, 9.17) is 9.47 Å². The van der Waals surface area contributed by atoms with Gasteiger partial charge in [0, 0.05) is 22.8 Å². The van der Waals surface area contributed by atoms with Crippen molar-refractivity contribution in [3.05, 3.63) is 68.0 Å². The number of hydrogen-bond acceptors (Lipinski definition) is 6. The summed E-state index contributed by atoms with van der Waals surface area (Å²) in [6.45, 7) is 1.73. The van der Waals surface area contributed by atoms with Crippen molar-refractivity contribution in [2.24, 2.45) is 0 Å². The summed E-state index contributed by atoms with van der Waals surface area (Å²) in [5, 5.41) is 7.31. The Morgan fingerprint density at radius 1 is 1.14 bits per heavy atom. The van der Waals surface area contributed by atoms with E-state index in [1.54, 1.807) is 25.6 Å². The fraction of sp³-hybridized carbons (Fsp3) is 0.318. The molecule has 1 N–H and O–H groups in total. The second-order valence-electron chi connectivity index (χ2n) is 6.90. The molecule has 1 unspecified atom stereocenters. The Hall–Kier alpha value is -2.35. The van der Waals surface area contributed by atoms with Crippen LogP contribution < -0.4 is 14.8 Å². The molecule has 3 heterocycles. The molecule has 1 aliphatic heterocycles. The van der Waals surface area contributed by atoms with Gasteiger partial charge in [-0.3, -0.25) is 9.69 Å². The average Bonchev–Trinajstić information content (AvgIpc) is 3.44. The van der Waals surface area contributed by atoms with Crippen LogP contribution in [0.25, 0.3) is 0 Å². The van der Waals surface area contributed by atoms with Crippen LogP contribution in [0.5, 0.6) is 11.5 Å². The predicted molar refractivity (Wildman–Crippen MR) is 117 cm³/mol. The maximum absolute atomic E-state index is 12.7. The number of rotatable bonds is 7. The van der Waals surface area contributed by atoms with Gasteiger partial charge in [0.2, 0.25) is 5.91 Å². The molecule has 5 nitrogen and oxygen atoms in total. The highest BCUT2D eigenvalue weighted by Crippen LogP contribution is 2.39. The fourth-order valence-corrected chi connectivity index (χ4v) is 5.53. The van der Waals surface area contributed by atoms with E-state index < -0.39 is 0 Å². The number of methoxy groups -OCH3 is 2. The van der Waals surface area contributed by atoms with E-state index in [2.05, 4.69) is 39.2 Å². The van der Waals surface area contributed by atoms with Crippen LogP contribution >= 0.6 is 22.7 Å². The molecule has 1 aromatic carbocycles. The Morgan fingerprint density at radius 2 is 2.00 bits per heavy atom. The molecular weight excluding hydrogens is 404 g/mol. The molecule has 0 saturated heterocycles. The summed E-state index contributed by atoms with van der Waals surface area (Å²) < 4.78 is 10.6. The lowest BCUT2D eigenvalue weighted by Gasteiger charge is -2.34. The first-order valence-electron chi connectivity index (χ1n) is 9.51. The summed E-state index contributed by atoms with van der Waals surface area (Å²) in [4.78, 5) is 17.7. The van der Waals surface area contributed by atoms with E-state index in [1.165, 1.54) is 15.3 Å². The molecule has 3 aromatic rings. The number of nitrogens with one attached hydrogen (secondary N) is 1. The van der Waals surface area contributed by atoms with E-state index >= 15 is 0 Å². The molecule has 0 radical (unpaired) electrons. The van der Waals surface area contributed by atoms with E-state index in [1.807, 2.05) is 29.5 Å². The number of carbonyl (C=O) groups is 1. The van der Waals surface area contributed by atoms with Crippen LogP contribution in [0.3, 0.4) is 0 Å². The Kier molecular flexibility index (Phi) is 6.18. The lowest BCUT2D eigenvalue weighted by molar-refractivity contribution is -0.122. The quantitative estimate of drug-likeness (QED) is 0.616. The number of amides is 1. The van der Waals surface area contributed by atoms with Crippen LogP contribution in [0.2, 0.25) is 0 Å². The number of fused-ring (bicyclic) bond motifs is 1. The summed E-state index contributed by atoms with van der Waals surface area (Å²) in [6, 6.07) is 12.3. The van der Waals surface area contributed by atoms with Crippen molar-refractivity contribution in [2.75, 3.05) is 27.3 Å². The van der Waals surface area contributed by atoms with E-state index in [-0.39, 0.29) is 11.9 Å². The molecule has 152 valence electrons. The highest BCUT2D eigenvalue weighted by molar-refractivity contribution is 7.10. The zero-order chi connectivity index (χ0) is 20.2. The van der Waals surface area contributed by atoms with Crippen LogP contribution in [0.4, 0.5) is 0 Å². The number of thiophene rings is 2. The normalized spacial score (nSPS) is 16.3. The first-order valence-corrected chi connectivity index (χ1v) is 11.3. The number of carbonyl (C=O) groups excluding carboxylic acids is 1. The molecule has 29 heavy (non-hydrogen) atoms. The Morgan fingerprint density at radius 3 is 2.76 bits per heavy atom. The first kappa shape index (κ1) is 19.9. The van der Waals surface area contributed by atoms with Crippen molar-refractivity contribution < 1.29 is 14.3 Å². The van der Waals surface area contributed by atoms with Gasteiger partial charge in [0.05, 0.1) is 26.8 Å². The highest BCUT2D eigenvalue weighted by Gasteiger charge is 2.31. The van der Waals surface area contributed by atoms with Gasteiger partial charge in [-0.15, -0.1) is 22.7 Å². The monoisotopic (exact) mass is 428 g/mol. The second-order valence-corrected chi connectivity index (χ2v) is 8.88. The Bertz CT molecular complexity index is 968. The molecule has 0 fully saturated rings. The molecule has 1 aliphatic rings.